The number of nitrogens with zero attached hydrogens (tertiary/aromatic N) is 2. The van der Waals surface area contributed by atoms with E-state index in [1.54, 1.807) is 0 Å². The monoisotopic (exact) mass is 564 g/mol. The summed E-state index contributed by atoms with van der Waals surface area (Å²) >= 11 is 1.29. The molecule has 1 aliphatic heterocycles. The number of fused-ring (bicyclic) bond motifs is 1. The molecule has 2 N–H and O–H groups in total. The second-order valence-corrected chi connectivity index (χ2v) is 13.3. The Morgan fingerprint density at radius 1 is 1.05 bits per heavy atom. The van der Waals surface area contributed by atoms with Gasteiger partial charge < -0.3 is 15.0 Å². The van der Waals surface area contributed by atoms with Crippen LogP contribution in [0.1, 0.15) is 58.9 Å². The molecule has 1 aliphatic rings. The minimum absolute atomic E-state index is 0.114. The smallest absolute Gasteiger partial charge is 0.413 e. The van der Waals surface area contributed by atoms with Gasteiger partial charge in [0, 0.05) is 36.6 Å². The molecule has 38 heavy (non-hydrogen) atoms. The molecule has 3 amide bonds. The average molecular weight is 565 g/mol. The van der Waals surface area contributed by atoms with Crippen molar-refractivity contribution in [2.75, 3.05) is 39.1 Å². The maximum absolute atomic E-state index is 13.3. The lowest BCUT2D eigenvalue weighted by molar-refractivity contribution is 0.0936. The SMILES string of the molecule is COC(=O)NC(=O)c1c(NC(=O)c2ccc(S(=O)(=O)N(CC(C)C)CC(C)C)cc2)sc2c1CCN(C)C2. The van der Waals surface area contributed by atoms with Gasteiger partial charge in [-0.15, -0.1) is 11.3 Å². The lowest BCUT2D eigenvalue weighted by Gasteiger charge is -2.25. The molecule has 0 bridgehead atoms. The number of thiophene rings is 1. The highest BCUT2D eigenvalue weighted by molar-refractivity contribution is 7.89. The second-order valence-electron chi connectivity index (χ2n) is 10.2. The van der Waals surface area contributed by atoms with Gasteiger partial charge in [0.25, 0.3) is 11.8 Å². The number of amides is 3. The Morgan fingerprint density at radius 2 is 1.66 bits per heavy atom. The number of likely N-dealkylation sites (N-methyl/N-ethyl adjacent to an activating group) is 1. The zero-order valence-electron chi connectivity index (χ0n) is 22.7. The molecule has 10 nitrogen and oxygen atoms in total. The van der Waals surface area contributed by atoms with Crippen molar-refractivity contribution < 1.29 is 27.5 Å². The molecule has 2 heterocycles. The van der Waals surface area contributed by atoms with E-state index >= 15 is 0 Å². The standard InChI is InChI=1S/C26H36N4O6S2/c1-16(2)13-30(14-17(3)4)38(34,35)19-9-7-18(8-10-19)23(31)27-25-22(24(32)28-26(33)36-6)20-11-12-29(5)15-21(20)37-25/h7-10,16-17H,11-15H2,1-6H3,(H,27,31)(H,28,32,33). The molecule has 0 spiro atoms. The van der Waals surface area contributed by atoms with E-state index in [1.807, 2.05) is 34.7 Å². The topological polar surface area (TPSA) is 125 Å². The van der Waals surface area contributed by atoms with Crippen LogP contribution in [0.3, 0.4) is 0 Å². The number of carbonyl (C=O) groups excluding carboxylic acids is 3. The zero-order valence-corrected chi connectivity index (χ0v) is 24.3. The number of rotatable bonds is 9. The molecule has 0 unspecified atom stereocenters. The third-order valence-electron chi connectivity index (χ3n) is 5.99. The van der Waals surface area contributed by atoms with Crippen molar-refractivity contribution in [1.29, 1.82) is 0 Å². The van der Waals surface area contributed by atoms with Crippen molar-refractivity contribution in [3.05, 3.63) is 45.8 Å². The summed E-state index contributed by atoms with van der Waals surface area (Å²) in [4.78, 5) is 40.9. The lowest BCUT2D eigenvalue weighted by Crippen LogP contribution is -2.37. The van der Waals surface area contributed by atoms with Gasteiger partial charge in [-0.1, -0.05) is 27.7 Å². The summed E-state index contributed by atoms with van der Waals surface area (Å²) < 4.78 is 32.6. The normalized spacial score (nSPS) is 14.0. The van der Waals surface area contributed by atoms with Gasteiger partial charge in [0.05, 0.1) is 17.6 Å². The van der Waals surface area contributed by atoms with Crippen molar-refractivity contribution in [1.82, 2.24) is 14.5 Å². The molecule has 1 aromatic heterocycles. The van der Waals surface area contributed by atoms with E-state index in [2.05, 4.69) is 20.3 Å². The van der Waals surface area contributed by atoms with Crippen molar-refractivity contribution in [3.63, 3.8) is 0 Å². The summed E-state index contributed by atoms with van der Waals surface area (Å²) in [6.45, 7) is 10.0. The predicted molar refractivity (Wildman–Crippen MR) is 147 cm³/mol. The number of methoxy groups -OCH3 is 1. The van der Waals surface area contributed by atoms with Gasteiger partial charge in [0.1, 0.15) is 5.00 Å². The molecule has 0 aliphatic carbocycles. The number of carbonyl (C=O) groups is 3. The maximum Gasteiger partial charge on any atom is 0.413 e. The van der Waals surface area contributed by atoms with Gasteiger partial charge in [-0.3, -0.25) is 14.9 Å². The average Bonchev–Trinajstić information content (AvgIpc) is 3.19. The lowest BCUT2D eigenvalue weighted by atomic mass is 10.0. The maximum atomic E-state index is 13.3. The van der Waals surface area contributed by atoms with Gasteiger partial charge in [0.2, 0.25) is 10.0 Å². The number of hydrogen-bond donors (Lipinski definition) is 2. The molecular formula is C26H36N4O6S2. The van der Waals surface area contributed by atoms with Crippen LogP contribution in [0.5, 0.6) is 0 Å². The van der Waals surface area contributed by atoms with E-state index in [9.17, 15) is 22.8 Å². The number of benzene rings is 1. The van der Waals surface area contributed by atoms with E-state index in [4.69, 9.17) is 0 Å². The fraction of sp³-hybridized carbons (Fsp3) is 0.500. The van der Waals surface area contributed by atoms with Gasteiger partial charge in [0.15, 0.2) is 0 Å². The van der Waals surface area contributed by atoms with Crippen LogP contribution in [0.2, 0.25) is 0 Å². The summed E-state index contributed by atoms with van der Waals surface area (Å²) in [7, 11) is -0.598. The summed E-state index contributed by atoms with van der Waals surface area (Å²) in [5.41, 5.74) is 1.28. The van der Waals surface area contributed by atoms with E-state index in [0.717, 1.165) is 24.1 Å². The third-order valence-corrected chi connectivity index (χ3v) is 8.97. The minimum Gasteiger partial charge on any atom is -0.453 e. The number of imide groups is 1. The predicted octanol–water partition coefficient (Wildman–Crippen LogP) is 3.79. The molecular weight excluding hydrogens is 528 g/mol. The summed E-state index contributed by atoms with van der Waals surface area (Å²) in [5, 5.41) is 5.30. The highest BCUT2D eigenvalue weighted by Gasteiger charge is 2.30. The van der Waals surface area contributed by atoms with Gasteiger partial charge >= 0.3 is 6.09 Å². The van der Waals surface area contributed by atoms with Gasteiger partial charge in [-0.2, -0.15) is 4.31 Å². The van der Waals surface area contributed by atoms with Crippen molar-refractivity contribution in [2.45, 2.75) is 45.6 Å². The van der Waals surface area contributed by atoms with Crippen LogP contribution in [-0.2, 0) is 27.7 Å². The Kier molecular flexibility index (Phi) is 9.69. The largest absolute Gasteiger partial charge is 0.453 e. The highest BCUT2D eigenvalue weighted by atomic mass is 32.2. The molecule has 2 aromatic rings. The van der Waals surface area contributed by atoms with Crippen LogP contribution in [0.25, 0.3) is 0 Å². The molecule has 0 radical (unpaired) electrons. The number of nitrogens with one attached hydrogen (secondary N) is 2. The van der Waals surface area contributed by atoms with Crippen LogP contribution < -0.4 is 10.6 Å². The second kappa shape index (κ2) is 12.4. The first-order valence-corrected chi connectivity index (χ1v) is 14.7. The summed E-state index contributed by atoms with van der Waals surface area (Å²) in [5.74, 6) is -0.814. The fourth-order valence-corrected chi connectivity index (χ4v) is 7.34. The van der Waals surface area contributed by atoms with Crippen LogP contribution in [0, 0.1) is 11.8 Å². The Hall–Kier alpha value is -2.80. The van der Waals surface area contributed by atoms with Gasteiger partial charge in [-0.05, 0) is 55.1 Å². The number of hydrogen-bond acceptors (Lipinski definition) is 8. The quantitative estimate of drug-likeness (QED) is 0.475. The van der Waals surface area contributed by atoms with Crippen molar-refractivity contribution in [3.8, 4) is 0 Å². The van der Waals surface area contributed by atoms with E-state index in [-0.39, 0.29) is 27.9 Å². The number of alkyl carbamates (subject to hydrolysis) is 1. The van der Waals surface area contributed by atoms with E-state index in [0.29, 0.717) is 31.1 Å². The van der Waals surface area contributed by atoms with E-state index in [1.165, 1.54) is 39.9 Å². The minimum atomic E-state index is -3.73. The zero-order chi connectivity index (χ0) is 28.2. The number of ether oxygens (including phenoxy) is 1. The first-order valence-electron chi connectivity index (χ1n) is 12.5. The number of sulfonamides is 1. The van der Waals surface area contributed by atoms with Crippen LogP contribution >= 0.6 is 11.3 Å². The van der Waals surface area contributed by atoms with Crippen LogP contribution in [0.4, 0.5) is 9.80 Å². The summed E-state index contributed by atoms with van der Waals surface area (Å²) in [6, 6.07) is 5.77. The van der Waals surface area contributed by atoms with Crippen LogP contribution in [-0.4, -0.2) is 69.3 Å². The molecule has 0 fully saturated rings. The Morgan fingerprint density at radius 3 is 2.21 bits per heavy atom. The van der Waals surface area contributed by atoms with Crippen molar-refractivity contribution >= 4 is 44.3 Å². The van der Waals surface area contributed by atoms with Crippen LogP contribution in [0.15, 0.2) is 29.2 Å². The van der Waals surface area contributed by atoms with Crippen molar-refractivity contribution in [2.24, 2.45) is 11.8 Å². The van der Waals surface area contributed by atoms with E-state index < -0.39 is 27.9 Å². The molecule has 0 saturated heterocycles. The fourth-order valence-electron chi connectivity index (χ4n) is 4.25. The Labute approximate surface area is 228 Å². The highest BCUT2D eigenvalue weighted by Crippen LogP contribution is 2.37. The molecule has 208 valence electrons. The Bertz CT molecular complexity index is 1280. The molecule has 3 rings (SSSR count). The first-order chi connectivity index (χ1) is 17.8. The molecule has 0 atom stereocenters. The molecule has 12 heteroatoms. The number of anilines is 1. The molecule has 0 saturated carbocycles. The third kappa shape index (κ3) is 6.99. The Balaban J connectivity index is 1.86. The van der Waals surface area contributed by atoms with Gasteiger partial charge in [-0.25, -0.2) is 13.2 Å². The first kappa shape index (κ1) is 29.8. The molecule has 1 aromatic carbocycles. The summed E-state index contributed by atoms with van der Waals surface area (Å²) in [6.07, 6.45) is -0.293.